The first-order valence-corrected chi connectivity index (χ1v) is 9.82. The van der Waals surface area contributed by atoms with Gasteiger partial charge in [-0.15, -0.1) is 0 Å². The van der Waals surface area contributed by atoms with Crippen LogP contribution in [0.25, 0.3) is 0 Å². The van der Waals surface area contributed by atoms with Gasteiger partial charge in [0.1, 0.15) is 23.4 Å². The predicted octanol–water partition coefficient (Wildman–Crippen LogP) is 4.11. The van der Waals surface area contributed by atoms with Gasteiger partial charge in [0, 0.05) is 36.9 Å². The molecule has 0 spiro atoms. The molecule has 0 amide bonds. The average Bonchev–Trinajstić information content (AvgIpc) is 3.05. The van der Waals surface area contributed by atoms with Crippen LogP contribution in [0.4, 0.5) is 21.6 Å². The first-order chi connectivity index (χ1) is 14.1. The lowest BCUT2D eigenvalue weighted by molar-refractivity contribution is 0.620. The summed E-state index contributed by atoms with van der Waals surface area (Å²) in [5.41, 5.74) is 9.34. The van der Waals surface area contributed by atoms with Crippen LogP contribution in [0.3, 0.4) is 0 Å². The van der Waals surface area contributed by atoms with Crippen LogP contribution in [-0.2, 0) is 6.54 Å². The molecular weight excluding hydrogens is 389 g/mol. The molecule has 2 N–H and O–H groups in total. The number of aromatic nitrogens is 1. The van der Waals surface area contributed by atoms with E-state index in [1.54, 1.807) is 18.2 Å². The summed E-state index contributed by atoms with van der Waals surface area (Å²) in [7, 11) is 0. The summed E-state index contributed by atoms with van der Waals surface area (Å²) >= 11 is 6.34. The van der Waals surface area contributed by atoms with Gasteiger partial charge in [0.15, 0.2) is 0 Å². The monoisotopic (exact) mass is 409 g/mol. The van der Waals surface area contributed by atoms with Crippen LogP contribution in [0.15, 0.2) is 54.6 Å². The maximum Gasteiger partial charge on any atom is 0.133 e. The van der Waals surface area contributed by atoms with Crippen LogP contribution < -0.4 is 15.5 Å². The zero-order chi connectivity index (χ0) is 20.4. The molecule has 0 unspecified atom stereocenters. The first kappa shape index (κ1) is 19.2. The maximum absolute atomic E-state index is 13.2. The number of nitrogens with two attached hydrogens (primary N) is 1. The minimum absolute atomic E-state index is 0.235. The Labute approximate surface area is 174 Å². The summed E-state index contributed by atoms with van der Waals surface area (Å²) in [6.07, 6.45) is 0. The minimum atomic E-state index is -0.235. The number of piperazine rings is 1. The third-order valence-electron chi connectivity index (χ3n) is 5.27. The van der Waals surface area contributed by atoms with E-state index in [9.17, 15) is 9.65 Å². The molecule has 0 atom stereocenters. The third-order valence-corrected chi connectivity index (χ3v) is 5.64. The zero-order valence-corrected chi connectivity index (χ0v) is 16.6. The molecule has 1 aliphatic heterocycles. The highest BCUT2D eigenvalue weighted by Gasteiger charge is 2.24. The van der Waals surface area contributed by atoms with Gasteiger partial charge >= 0.3 is 0 Å². The smallest absolute Gasteiger partial charge is 0.133 e. The second kappa shape index (κ2) is 8.06. The molecule has 0 bridgehead atoms. The molecule has 0 saturated carbocycles. The van der Waals surface area contributed by atoms with Gasteiger partial charge in [0.2, 0.25) is 0 Å². The van der Waals surface area contributed by atoms with E-state index in [1.807, 2.05) is 28.8 Å². The van der Waals surface area contributed by atoms with E-state index in [2.05, 4.69) is 15.9 Å². The Hall–Kier alpha value is -3.17. The quantitative estimate of drug-likeness (QED) is 0.704. The number of nitrogens with zero attached hydrogens (tertiary/aromatic N) is 4. The Kier molecular flexibility index (Phi) is 5.32. The number of anilines is 3. The van der Waals surface area contributed by atoms with E-state index < -0.39 is 0 Å². The molecule has 3 aromatic rings. The summed E-state index contributed by atoms with van der Waals surface area (Å²) in [4.78, 5) is 4.42. The molecule has 0 aliphatic carbocycles. The summed E-state index contributed by atoms with van der Waals surface area (Å²) in [5, 5.41) is 10.3. The van der Waals surface area contributed by atoms with Gasteiger partial charge in [-0.05, 0) is 42.0 Å². The van der Waals surface area contributed by atoms with Crippen molar-refractivity contribution in [1.82, 2.24) is 4.57 Å². The van der Waals surface area contributed by atoms with Crippen LogP contribution in [0.2, 0.25) is 5.02 Å². The molecule has 1 fully saturated rings. The Bertz CT molecular complexity index is 1050. The van der Waals surface area contributed by atoms with Gasteiger partial charge in [-0.3, -0.25) is 0 Å². The second-order valence-electron chi connectivity index (χ2n) is 7.05. The van der Waals surface area contributed by atoms with Crippen molar-refractivity contribution in [2.45, 2.75) is 6.54 Å². The molecule has 148 valence electrons. The normalized spacial score (nSPS) is 14.1. The van der Waals surface area contributed by atoms with Crippen molar-refractivity contribution in [1.29, 1.82) is 5.26 Å². The van der Waals surface area contributed by atoms with E-state index >= 15 is 0 Å². The fraction of sp³-hybridized carbons (Fsp3) is 0.227. The molecule has 0 radical (unpaired) electrons. The van der Waals surface area contributed by atoms with Gasteiger partial charge in [0.05, 0.1) is 12.2 Å². The van der Waals surface area contributed by atoms with Crippen LogP contribution in [0, 0.1) is 17.1 Å². The Morgan fingerprint density at radius 1 is 1.00 bits per heavy atom. The fourth-order valence-corrected chi connectivity index (χ4v) is 3.99. The van der Waals surface area contributed by atoms with E-state index in [-0.39, 0.29) is 5.82 Å². The Morgan fingerprint density at radius 3 is 2.31 bits per heavy atom. The predicted molar refractivity (Wildman–Crippen MR) is 115 cm³/mol. The van der Waals surface area contributed by atoms with Crippen molar-refractivity contribution >= 4 is 28.8 Å². The van der Waals surface area contributed by atoms with E-state index in [1.165, 1.54) is 12.1 Å². The average molecular weight is 410 g/mol. The van der Waals surface area contributed by atoms with Crippen molar-refractivity contribution in [3.63, 3.8) is 0 Å². The van der Waals surface area contributed by atoms with Crippen LogP contribution in [0.5, 0.6) is 0 Å². The molecule has 1 saturated heterocycles. The molecule has 2 aromatic carbocycles. The standard InChI is InChI=1S/C22H21ClFN5/c23-20-4-2-1-3-16(20)15-29-19(14-25)13-21(26)22(29)28-11-9-27(10-12-28)18-7-5-17(24)6-8-18/h1-8,13H,9-12,15,26H2. The van der Waals surface area contributed by atoms with Gasteiger partial charge in [-0.1, -0.05) is 29.8 Å². The fourth-order valence-electron chi connectivity index (χ4n) is 3.79. The number of nitrogen functional groups attached to an aromatic ring is 1. The van der Waals surface area contributed by atoms with Gasteiger partial charge < -0.3 is 20.1 Å². The largest absolute Gasteiger partial charge is 0.396 e. The second-order valence-corrected chi connectivity index (χ2v) is 7.46. The van der Waals surface area contributed by atoms with Crippen molar-refractivity contribution in [3.8, 4) is 6.07 Å². The molecule has 5 nitrogen and oxygen atoms in total. The molecule has 2 heterocycles. The Balaban J connectivity index is 1.57. The molecule has 1 aromatic heterocycles. The highest BCUT2D eigenvalue weighted by atomic mass is 35.5. The number of benzene rings is 2. The number of hydrogen-bond acceptors (Lipinski definition) is 4. The Morgan fingerprint density at radius 2 is 1.66 bits per heavy atom. The highest BCUT2D eigenvalue weighted by Crippen LogP contribution is 2.31. The van der Waals surface area contributed by atoms with Crippen molar-refractivity contribution < 1.29 is 4.39 Å². The number of rotatable bonds is 4. The van der Waals surface area contributed by atoms with Crippen molar-refractivity contribution in [2.75, 3.05) is 41.7 Å². The first-order valence-electron chi connectivity index (χ1n) is 9.45. The van der Waals surface area contributed by atoms with Crippen molar-refractivity contribution in [2.24, 2.45) is 0 Å². The van der Waals surface area contributed by atoms with Gasteiger partial charge in [-0.25, -0.2) is 4.39 Å². The van der Waals surface area contributed by atoms with Crippen molar-refractivity contribution in [3.05, 3.63) is 76.7 Å². The summed E-state index contributed by atoms with van der Waals surface area (Å²) in [6.45, 7) is 3.54. The van der Waals surface area contributed by atoms with E-state index in [0.717, 1.165) is 43.2 Å². The van der Waals surface area contributed by atoms with Gasteiger partial charge in [0.25, 0.3) is 0 Å². The molecule has 7 heteroatoms. The summed E-state index contributed by atoms with van der Waals surface area (Å²) in [5.74, 6) is 0.613. The lowest BCUT2D eigenvalue weighted by Crippen LogP contribution is -2.47. The SMILES string of the molecule is N#Cc1cc(N)c(N2CCN(c3ccc(F)cc3)CC2)n1Cc1ccccc1Cl. The highest BCUT2D eigenvalue weighted by molar-refractivity contribution is 6.31. The summed E-state index contributed by atoms with van der Waals surface area (Å²) in [6, 6.07) is 18.1. The summed E-state index contributed by atoms with van der Waals surface area (Å²) < 4.78 is 15.1. The van der Waals surface area contributed by atoms with Crippen LogP contribution in [-0.4, -0.2) is 30.7 Å². The number of nitriles is 1. The molecule has 29 heavy (non-hydrogen) atoms. The zero-order valence-electron chi connectivity index (χ0n) is 15.9. The van der Waals surface area contributed by atoms with Crippen LogP contribution >= 0.6 is 11.6 Å². The third kappa shape index (κ3) is 3.87. The number of hydrogen-bond donors (Lipinski definition) is 1. The van der Waals surface area contributed by atoms with Crippen LogP contribution in [0.1, 0.15) is 11.3 Å². The molecular formula is C22H21ClFN5. The lowest BCUT2D eigenvalue weighted by atomic mass is 10.2. The van der Waals surface area contributed by atoms with E-state index in [0.29, 0.717) is 22.9 Å². The lowest BCUT2D eigenvalue weighted by Gasteiger charge is -2.38. The molecule has 1 aliphatic rings. The van der Waals surface area contributed by atoms with Gasteiger partial charge in [-0.2, -0.15) is 5.26 Å². The topological polar surface area (TPSA) is 61.2 Å². The minimum Gasteiger partial charge on any atom is -0.396 e. The molecule has 4 rings (SSSR count). The number of halogens is 2. The maximum atomic E-state index is 13.2. The van der Waals surface area contributed by atoms with E-state index in [4.69, 9.17) is 17.3 Å².